The predicted molar refractivity (Wildman–Crippen MR) is 140 cm³/mol. The van der Waals surface area contributed by atoms with Crippen molar-refractivity contribution in [3.05, 3.63) is 90.9 Å². The number of fused-ring (bicyclic) bond motifs is 1. The number of hydrogen-bond donors (Lipinski definition) is 0. The summed E-state index contributed by atoms with van der Waals surface area (Å²) in [6.45, 7) is 0.100. The van der Waals surface area contributed by atoms with Gasteiger partial charge in [0, 0.05) is 14.7 Å². The first-order valence-electron chi connectivity index (χ1n) is 10.3. The van der Waals surface area contributed by atoms with Gasteiger partial charge in [0.25, 0.3) is 11.1 Å². The van der Waals surface area contributed by atoms with Gasteiger partial charge in [-0.15, -0.1) is 0 Å². The molecule has 176 valence electrons. The Balaban J connectivity index is 1.32. The van der Waals surface area contributed by atoms with E-state index in [9.17, 15) is 14.4 Å². The smallest absolute Gasteiger partial charge is 0.344 e. The summed E-state index contributed by atoms with van der Waals surface area (Å²) in [5.41, 5.74) is 1.65. The molecule has 0 bridgehead atoms. The first-order valence-corrected chi connectivity index (χ1v) is 12.6. The zero-order chi connectivity index (χ0) is 24.5. The van der Waals surface area contributed by atoms with Crippen molar-refractivity contribution < 1.29 is 28.6 Å². The first-order chi connectivity index (χ1) is 16.9. The van der Waals surface area contributed by atoms with Gasteiger partial charge in [0.05, 0.1) is 17.0 Å². The Morgan fingerprint density at radius 2 is 1.86 bits per heavy atom. The monoisotopic (exact) mass is 619 g/mol. The van der Waals surface area contributed by atoms with Crippen molar-refractivity contribution >= 4 is 69.1 Å². The van der Waals surface area contributed by atoms with E-state index >= 15 is 0 Å². The van der Waals surface area contributed by atoms with E-state index in [1.54, 1.807) is 54.6 Å². The van der Waals surface area contributed by atoms with Crippen molar-refractivity contribution in [2.24, 2.45) is 0 Å². The van der Waals surface area contributed by atoms with Crippen LogP contribution in [0.5, 0.6) is 17.2 Å². The second-order valence-corrected chi connectivity index (χ2v) is 10.1. The maximum absolute atomic E-state index is 13.0. The van der Waals surface area contributed by atoms with Crippen LogP contribution in [0.4, 0.5) is 4.79 Å². The molecule has 0 unspecified atom stereocenters. The standard InChI is InChI=1S/C25H15ClINO6S/c26-18-11-21-20(32-13-33-21)10-15(18)12-28-23(29)22(35-25(28)31)9-14-4-3-5-16(8-14)34-24(30)17-6-1-2-7-19(17)27/h1-11H,12-13H2/b22-9-. The molecule has 1 fully saturated rings. The minimum atomic E-state index is -0.479. The van der Waals surface area contributed by atoms with Gasteiger partial charge in [-0.05, 0) is 81.9 Å². The average Bonchev–Trinajstić information content (AvgIpc) is 3.38. The molecule has 0 radical (unpaired) electrons. The fraction of sp³-hybridized carbons (Fsp3) is 0.0800. The number of hydrogen-bond acceptors (Lipinski definition) is 7. The lowest BCUT2D eigenvalue weighted by Crippen LogP contribution is -2.27. The molecule has 0 atom stereocenters. The molecule has 3 aromatic carbocycles. The van der Waals surface area contributed by atoms with Crippen LogP contribution in [0.3, 0.4) is 0 Å². The molecule has 0 spiro atoms. The lowest BCUT2D eigenvalue weighted by atomic mass is 10.1. The van der Waals surface area contributed by atoms with Crippen LogP contribution in [-0.4, -0.2) is 28.8 Å². The van der Waals surface area contributed by atoms with Crippen LogP contribution < -0.4 is 14.2 Å². The molecular formula is C25H15ClINO6S. The summed E-state index contributed by atoms with van der Waals surface area (Å²) >= 11 is 9.22. The lowest BCUT2D eigenvalue weighted by molar-refractivity contribution is -0.123. The van der Waals surface area contributed by atoms with Crippen LogP contribution >= 0.6 is 46.0 Å². The predicted octanol–water partition coefficient (Wildman–Crippen LogP) is 6.13. The Hall–Kier alpha value is -3.02. The Kier molecular flexibility index (Phi) is 6.72. The second kappa shape index (κ2) is 9.92. The molecule has 2 amide bonds. The van der Waals surface area contributed by atoms with Crippen molar-refractivity contribution in [1.82, 2.24) is 4.90 Å². The first kappa shape index (κ1) is 23.7. The normalized spacial score (nSPS) is 15.7. The van der Waals surface area contributed by atoms with Gasteiger partial charge in [-0.3, -0.25) is 14.5 Å². The van der Waals surface area contributed by atoms with E-state index in [1.807, 2.05) is 12.1 Å². The Labute approximate surface area is 223 Å². The van der Waals surface area contributed by atoms with Gasteiger partial charge >= 0.3 is 5.97 Å². The highest BCUT2D eigenvalue weighted by molar-refractivity contribution is 14.1. The third-order valence-corrected chi connectivity index (χ3v) is 7.40. The zero-order valence-corrected chi connectivity index (χ0v) is 21.6. The molecule has 5 rings (SSSR count). The molecular weight excluding hydrogens is 605 g/mol. The van der Waals surface area contributed by atoms with E-state index in [1.165, 1.54) is 0 Å². The van der Waals surface area contributed by atoms with Gasteiger partial charge in [0.1, 0.15) is 5.75 Å². The van der Waals surface area contributed by atoms with Crippen LogP contribution in [0.2, 0.25) is 5.02 Å². The molecule has 2 aliphatic rings. The number of carbonyl (C=O) groups is 3. The number of nitrogens with zero attached hydrogens (tertiary/aromatic N) is 1. The fourth-order valence-electron chi connectivity index (χ4n) is 3.50. The van der Waals surface area contributed by atoms with Gasteiger partial charge in [-0.1, -0.05) is 35.9 Å². The van der Waals surface area contributed by atoms with Gasteiger partial charge < -0.3 is 14.2 Å². The number of rotatable bonds is 5. The summed E-state index contributed by atoms with van der Waals surface area (Å²) in [5.74, 6) is 0.455. The van der Waals surface area contributed by atoms with Crippen molar-refractivity contribution in [1.29, 1.82) is 0 Å². The SMILES string of the molecule is O=C(Oc1cccc(/C=C2\SC(=O)N(Cc3cc4c(cc3Cl)OCO4)C2=O)c1)c1ccccc1I. The summed E-state index contributed by atoms with van der Waals surface area (Å²) in [7, 11) is 0. The molecule has 35 heavy (non-hydrogen) atoms. The van der Waals surface area contributed by atoms with Crippen molar-refractivity contribution in [3.63, 3.8) is 0 Å². The highest BCUT2D eigenvalue weighted by Crippen LogP contribution is 2.39. The molecule has 10 heteroatoms. The van der Waals surface area contributed by atoms with Gasteiger partial charge in [0.2, 0.25) is 6.79 Å². The molecule has 0 saturated carbocycles. The molecule has 0 aromatic heterocycles. The summed E-state index contributed by atoms with van der Waals surface area (Å²) in [4.78, 5) is 39.5. The third kappa shape index (κ3) is 5.02. The molecule has 1 saturated heterocycles. The van der Waals surface area contributed by atoms with Crippen LogP contribution in [0.25, 0.3) is 6.08 Å². The van der Waals surface area contributed by atoms with Crippen molar-refractivity contribution in [3.8, 4) is 17.2 Å². The van der Waals surface area contributed by atoms with Crippen LogP contribution in [-0.2, 0) is 11.3 Å². The van der Waals surface area contributed by atoms with E-state index in [0.717, 1.165) is 20.2 Å². The molecule has 7 nitrogen and oxygen atoms in total. The average molecular weight is 620 g/mol. The molecule has 0 aliphatic carbocycles. The van der Waals surface area contributed by atoms with Crippen molar-refractivity contribution in [2.45, 2.75) is 6.54 Å². The van der Waals surface area contributed by atoms with E-state index in [2.05, 4.69) is 22.6 Å². The van der Waals surface area contributed by atoms with Gasteiger partial charge in [0.15, 0.2) is 11.5 Å². The quantitative estimate of drug-likeness (QED) is 0.147. The largest absolute Gasteiger partial charge is 0.454 e. The highest BCUT2D eigenvalue weighted by Gasteiger charge is 2.35. The Morgan fingerprint density at radius 3 is 2.66 bits per heavy atom. The van der Waals surface area contributed by atoms with Crippen LogP contribution in [0.1, 0.15) is 21.5 Å². The van der Waals surface area contributed by atoms with Crippen molar-refractivity contribution in [2.75, 3.05) is 6.79 Å². The van der Waals surface area contributed by atoms with E-state index in [4.69, 9.17) is 25.8 Å². The zero-order valence-electron chi connectivity index (χ0n) is 17.8. The summed E-state index contributed by atoms with van der Waals surface area (Å²) < 4.78 is 16.9. The summed E-state index contributed by atoms with van der Waals surface area (Å²) in [5, 5.41) is -0.0314. The number of ether oxygens (including phenoxy) is 3. The summed E-state index contributed by atoms with van der Waals surface area (Å²) in [6.07, 6.45) is 1.59. The molecule has 0 N–H and O–H groups in total. The topological polar surface area (TPSA) is 82.1 Å². The van der Waals surface area contributed by atoms with Crippen LogP contribution in [0, 0.1) is 3.57 Å². The number of halogens is 2. The fourth-order valence-corrected chi connectivity index (χ4v) is 5.15. The van der Waals surface area contributed by atoms with Gasteiger partial charge in [-0.25, -0.2) is 4.79 Å². The lowest BCUT2D eigenvalue weighted by Gasteiger charge is -2.14. The maximum Gasteiger partial charge on any atom is 0.344 e. The number of thioether (sulfide) groups is 1. The molecule has 2 heterocycles. The molecule has 3 aromatic rings. The number of esters is 1. The van der Waals surface area contributed by atoms with E-state index in [0.29, 0.717) is 39.0 Å². The molecule has 2 aliphatic heterocycles. The number of imide groups is 1. The Morgan fingerprint density at radius 1 is 1.09 bits per heavy atom. The number of benzene rings is 3. The van der Waals surface area contributed by atoms with Crippen LogP contribution in [0.15, 0.2) is 65.6 Å². The maximum atomic E-state index is 13.0. The second-order valence-electron chi connectivity index (χ2n) is 7.51. The van der Waals surface area contributed by atoms with Gasteiger partial charge in [-0.2, -0.15) is 0 Å². The summed E-state index contributed by atoms with van der Waals surface area (Å²) in [6, 6.07) is 17.1. The minimum absolute atomic E-state index is 0.00481. The number of carbonyl (C=O) groups excluding carboxylic acids is 3. The number of amides is 2. The van der Waals surface area contributed by atoms with E-state index < -0.39 is 17.1 Å². The minimum Gasteiger partial charge on any atom is -0.454 e. The Bertz CT molecular complexity index is 1410. The van der Waals surface area contributed by atoms with E-state index in [-0.39, 0.29) is 18.2 Å². The third-order valence-electron chi connectivity index (χ3n) is 5.20. The highest BCUT2D eigenvalue weighted by atomic mass is 127.